The van der Waals surface area contributed by atoms with Gasteiger partial charge in [-0.15, -0.1) is 11.3 Å². The molecule has 2 heterocycles. The van der Waals surface area contributed by atoms with E-state index in [2.05, 4.69) is 97.1 Å². The first kappa shape index (κ1) is 20.0. The highest BCUT2D eigenvalue weighted by Crippen LogP contribution is 2.35. The van der Waals surface area contributed by atoms with E-state index in [9.17, 15) is 0 Å². The lowest BCUT2D eigenvalue weighted by Crippen LogP contribution is -1.95. The van der Waals surface area contributed by atoms with Crippen LogP contribution in [0, 0.1) is 0 Å². The van der Waals surface area contributed by atoms with Gasteiger partial charge in [-0.05, 0) is 29.0 Å². The minimum atomic E-state index is 0.725. The molecule has 0 radical (unpaired) electrons. The Kier molecular flexibility index (Phi) is 4.64. The van der Waals surface area contributed by atoms with Crippen molar-refractivity contribution in [2.24, 2.45) is 0 Å². The second-order valence-electron chi connectivity index (χ2n) is 8.50. The van der Waals surface area contributed by atoms with Gasteiger partial charge in [0, 0.05) is 22.1 Å². The molecule has 0 saturated heterocycles. The van der Waals surface area contributed by atoms with Crippen LogP contribution >= 0.6 is 11.3 Å². The van der Waals surface area contributed by atoms with Gasteiger partial charge in [-0.25, -0.2) is 15.0 Å². The highest BCUT2D eigenvalue weighted by molar-refractivity contribution is 7.21. The fraction of sp³-hybridized carbons (Fsp3) is 0. The van der Waals surface area contributed by atoms with Crippen molar-refractivity contribution in [1.82, 2.24) is 15.0 Å². The molecular weight excluding hydrogens is 446 g/mol. The molecule has 0 aliphatic carbocycles. The van der Waals surface area contributed by atoms with Crippen LogP contribution in [0.25, 0.3) is 65.1 Å². The molecule has 35 heavy (non-hydrogen) atoms. The van der Waals surface area contributed by atoms with Crippen molar-refractivity contribution < 1.29 is 0 Å². The Morgan fingerprint density at radius 2 is 1.17 bits per heavy atom. The molecule has 0 bridgehead atoms. The van der Waals surface area contributed by atoms with Crippen LogP contribution in [0.3, 0.4) is 0 Å². The molecule has 0 N–H and O–H groups in total. The van der Waals surface area contributed by atoms with Crippen LogP contribution in [0.1, 0.15) is 0 Å². The summed E-state index contributed by atoms with van der Waals surface area (Å²) in [7, 11) is 0. The monoisotopic (exact) mass is 465 g/mol. The number of hydrogen-bond acceptors (Lipinski definition) is 4. The molecule has 0 fully saturated rings. The van der Waals surface area contributed by atoms with Crippen LogP contribution in [0.4, 0.5) is 0 Å². The summed E-state index contributed by atoms with van der Waals surface area (Å²) in [6.07, 6.45) is 0. The zero-order chi connectivity index (χ0) is 23.2. The molecular formula is C31H19N3S. The average molecular weight is 466 g/mol. The number of nitrogens with zero attached hydrogens (tertiary/aromatic N) is 3. The van der Waals surface area contributed by atoms with E-state index in [1.807, 2.05) is 18.2 Å². The lowest BCUT2D eigenvalue weighted by Gasteiger charge is -2.12. The van der Waals surface area contributed by atoms with Crippen LogP contribution < -0.4 is 0 Å². The molecule has 0 atom stereocenters. The molecule has 0 unspecified atom stereocenters. The summed E-state index contributed by atoms with van der Waals surface area (Å²) in [6, 6.07) is 39.8. The number of fused-ring (bicyclic) bond motifs is 3. The molecule has 0 spiro atoms. The molecule has 7 rings (SSSR count). The van der Waals surface area contributed by atoms with Gasteiger partial charge in [0.05, 0.1) is 21.4 Å². The fourth-order valence-corrected chi connectivity index (χ4v) is 5.57. The molecule has 0 saturated carbocycles. The zero-order valence-corrected chi connectivity index (χ0v) is 19.5. The smallest absolute Gasteiger partial charge is 0.160 e. The first-order valence-electron chi connectivity index (χ1n) is 11.5. The Hall–Kier alpha value is -4.41. The van der Waals surface area contributed by atoms with Crippen LogP contribution in [-0.4, -0.2) is 15.0 Å². The summed E-state index contributed by atoms with van der Waals surface area (Å²) in [5.41, 5.74) is 6.14. The standard InChI is InChI=1S/C31H19N3S/c1-2-10-23-20(8-1)9-7-12-24(23)29-25-11-3-4-13-26(25)32-30(34-29)21-16-18-22(19-17-21)31-33-27-14-5-6-15-28(27)35-31/h1-19H. The minimum absolute atomic E-state index is 0.725. The maximum absolute atomic E-state index is 5.10. The van der Waals surface area contributed by atoms with Crippen molar-refractivity contribution in [2.75, 3.05) is 0 Å². The van der Waals surface area contributed by atoms with E-state index in [0.717, 1.165) is 49.6 Å². The van der Waals surface area contributed by atoms with E-state index < -0.39 is 0 Å². The Labute approximate surface area is 206 Å². The molecule has 5 aromatic carbocycles. The molecule has 3 nitrogen and oxygen atoms in total. The maximum Gasteiger partial charge on any atom is 0.160 e. The Bertz CT molecular complexity index is 1810. The predicted octanol–water partition coefficient (Wildman–Crippen LogP) is 8.39. The van der Waals surface area contributed by atoms with Crippen LogP contribution in [-0.2, 0) is 0 Å². The number of thiazole rings is 1. The highest BCUT2D eigenvalue weighted by Gasteiger charge is 2.14. The van der Waals surface area contributed by atoms with E-state index in [0.29, 0.717) is 0 Å². The lowest BCUT2D eigenvalue weighted by molar-refractivity contribution is 1.23. The third-order valence-electron chi connectivity index (χ3n) is 6.33. The second kappa shape index (κ2) is 8.12. The fourth-order valence-electron chi connectivity index (χ4n) is 4.60. The minimum Gasteiger partial charge on any atom is -0.236 e. The number of rotatable bonds is 3. The van der Waals surface area contributed by atoms with Crippen molar-refractivity contribution >= 4 is 43.2 Å². The summed E-state index contributed by atoms with van der Waals surface area (Å²) in [6.45, 7) is 0. The molecule has 0 aliphatic rings. The van der Waals surface area contributed by atoms with E-state index in [1.54, 1.807) is 11.3 Å². The van der Waals surface area contributed by atoms with Gasteiger partial charge in [-0.2, -0.15) is 0 Å². The van der Waals surface area contributed by atoms with Crippen LogP contribution in [0.5, 0.6) is 0 Å². The number of benzene rings is 5. The average Bonchev–Trinajstić information content (AvgIpc) is 3.37. The van der Waals surface area contributed by atoms with E-state index in [4.69, 9.17) is 15.0 Å². The third kappa shape index (κ3) is 3.47. The largest absolute Gasteiger partial charge is 0.236 e. The Balaban J connectivity index is 1.37. The van der Waals surface area contributed by atoms with Gasteiger partial charge >= 0.3 is 0 Å². The lowest BCUT2D eigenvalue weighted by atomic mass is 9.99. The van der Waals surface area contributed by atoms with E-state index in [1.165, 1.54) is 15.5 Å². The van der Waals surface area contributed by atoms with Gasteiger partial charge in [0.25, 0.3) is 0 Å². The molecule has 7 aromatic rings. The summed E-state index contributed by atoms with van der Waals surface area (Å²) >= 11 is 1.71. The van der Waals surface area contributed by atoms with Crippen molar-refractivity contribution in [2.45, 2.75) is 0 Å². The molecule has 0 amide bonds. The van der Waals surface area contributed by atoms with Crippen LogP contribution in [0.15, 0.2) is 115 Å². The van der Waals surface area contributed by atoms with Gasteiger partial charge in [-0.1, -0.05) is 97.1 Å². The van der Waals surface area contributed by atoms with E-state index >= 15 is 0 Å². The summed E-state index contributed by atoms with van der Waals surface area (Å²) in [5, 5.41) is 4.47. The predicted molar refractivity (Wildman–Crippen MR) is 147 cm³/mol. The molecule has 2 aromatic heterocycles. The molecule has 164 valence electrons. The van der Waals surface area contributed by atoms with Crippen molar-refractivity contribution in [3.63, 3.8) is 0 Å². The highest BCUT2D eigenvalue weighted by atomic mass is 32.1. The maximum atomic E-state index is 5.10. The first-order valence-corrected chi connectivity index (χ1v) is 12.4. The van der Waals surface area contributed by atoms with Crippen LogP contribution in [0.2, 0.25) is 0 Å². The molecule has 0 aliphatic heterocycles. The van der Waals surface area contributed by atoms with Crippen molar-refractivity contribution in [3.8, 4) is 33.2 Å². The van der Waals surface area contributed by atoms with Gasteiger partial charge in [0.2, 0.25) is 0 Å². The Morgan fingerprint density at radius 3 is 2.03 bits per heavy atom. The molecule has 4 heteroatoms. The van der Waals surface area contributed by atoms with Crippen molar-refractivity contribution in [3.05, 3.63) is 115 Å². The van der Waals surface area contributed by atoms with Gasteiger partial charge in [0.15, 0.2) is 5.82 Å². The van der Waals surface area contributed by atoms with Gasteiger partial charge in [0.1, 0.15) is 5.01 Å². The number of hydrogen-bond donors (Lipinski definition) is 0. The topological polar surface area (TPSA) is 38.7 Å². The van der Waals surface area contributed by atoms with Crippen molar-refractivity contribution in [1.29, 1.82) is 0 Å². The van der Waals surface area contributed by atoms with Gasteiger partial charge in [-0.3, -0.25) is 0 Å². The summed E-state index contributed by atoms with van der Waals surface area (Å²) in [5.74, 6) is 0.725. The number of aromatic nitrogens is 3. The Morgan fingerprint density at radius 1 is 0.486 bits per heavy atom. The van der Waals surface area contributed by atoms with Gasteiger partial charge < -0.3 is 0 Å². The third-order valence-corrected chi connectivity index (χ3v) is 7.42. The summed E-state index contributed by atoms with van der Waals surface area (Å²) < 4.78 is 1.20. The second-order valence-corrected chi connectivity index (χ2v) is 9.53. The van der Waals surface area contributed by atoms with E-state index in [-0.39, 0.29) is 0 Å². The SMILES string of the molecule is c1ccc2c(-c3nc(-c4ccc(-c5nc6ccccc6s5)cc4)nc4ccccc34)cccc2c1. The normalized spacial score (nSPS) is 11.4. The first-order chi connectivity index (χ1) is 17.3. The summed E-state index contributed by atoms with van der Waals surface area (Å²) in [4.78, 5) is 14.8. The zero-order valence-electron chi connectivity index (χ0n) is 18.7. The number of para-hydroxylation sites is 2. The quantitative estimate of drug-likeness (QED) is 0.263.